The van der Waals surface area contributed by atoms with Crippen molar-refractivity contribution < 1.29 is 19.8 Å². The molecule has 3 N–H and O–H groups in total. The minimum Gasteiger partial charge on any atom is -0.480 e. The topological polar surface area (TPSA) is 99.5 Å². The van der Waals surface area contributed by atoms with Gasteiger partial charge in [-0.05, 0) is 76.9 Å². The molecule has 7 heteroatoms. The minimum atomic E-state index is -1.05. The van der Waals surface area contributed by atoms with E-state index in [1.165, 1.54) is 11.8 Å². The second-order valence-electron chi connectivity index (χ2n) is 9.78. The predicted molar refractivity (Wildman–Crippen MR) is 161 cm³/mol. The molecular formula is C33H34N2O4S. The number of thioether (sulfide) groups is 1. The van der Waals surface area contributed by atoms with Gasteiger partial charge in [-0.15, -0.1) is 0 Å². The van der Waals surface area contributed by atoms with Gasteiger partial charge in [0.2, 0.25) is 0 Å². The average molecular weight is 555 g/mol. The number of carboxylic acid groups (broad SMARTS) is 1. The fraction of sp³-hybridized carbons (Fsp3) is 0.242. The predicted octanol–water partition coefficient (Wildman–Crippen LogP) is 6.23. The molecule has 0 aliphatic carbocycles. The van der Waals surface area contributed by atoms with Gasteiger partial charge in [0.25, 0.3) is 5.91 Å². The monoisotopic (exact) mass is 554 g/mol. The van der Waals surface area contributed by atoms with E-state index in [2.05, 4.69) is 17.2 Å². The van der Waals surface area contributed by atoms with Gasteiger partial charge in [0, 0.05) is 17.7 Å². The highest BCUT2D eigenvalue weighted by atomic mass is 32.2. The van der Waals surface area contributed by atoms with Crippen molar-refractivity contribution >= 4 is 23.6 Å². The molecule has 4 aromatic rings. The zero-order valence-electron chi connectivity index (χ0n) is 22.9. The molecule has 0 saturated heterocycles. The Morgan fingerprint density at radius 2 is 1.65 bits per heavy atom. The number of hydrogen-bond donors (Lipinski definition) is 3. The first-order valence-corrected chi connectivity index (χ1v) is 14.6. The number of nitrogens with one attached hydrogen (secondary N) is 1. The minimum absolute atomic E-state index is 0.143. The van der Waals surface area contributed by atoms with E-state index >= 15 is 0 Å². The lowest BCUT2D eigenvalue weighted by molar-refractivity contribution is -0.139. The van der Waals surface area contributed by atoms with Gasteiger partial charge >= 0.3 is 5.97 Å². The highest BCUT2D eigenvalue weighted by molar-refractivity contribution is 7.98. The van der Waals surface area contributed by atoms with Crippen LogP contribution >= 0.6 is 11.8 Å². The first-order chi connectivity index (χ1) is 19.3. The molecule has 3 atom stereocenters. The van der Waals surface area contributed by atoms with Crippen LogP contribution < -0.4 is 5.32 Å². The Labute approximate surface area is 239 Å². The molecule has 206 valence electrons. The molecular weight excluding hydrogens is 520 g/mol. The number of aliphatic hydroxyl groups excluding tert-OH is 1. The first kappa shape index (κ1) is 29.1. The molecule has 0 spiro atoms. The summed E-state index contributed by atoms with van der Waals surface area (Å²) >= 11 is 1.54. The van der Waals surface area contributed by atoms with E-state index in [0.717, 1.165) is 33.4 Å². The average Bonchev–Trinajstić information content (AvgIpc) is 2.98. The molecule has 0 aliphatic rings. The molecule has 4 rings (SSSR count). The van der Waals surface area contributed by atoms with Crippen molar-refractivity contribution in [1.29, 1.82) is 0 Å². The fourth-order valence-corrected chi connectivity index (χ4v) is 5.32. The summed E-state index contributed by atoms with van der Waals surface area (Å²) in [5.74, 6) is -0.991. The molecule has 0 saturated carbocycles. The fourth-order valence-electron chi connectivity index (χ4n) is 4.85. The van der Waals surface area contributed by atoms with Gasteiger partial charge in [-0.25, -0.2) is 4.79 Å². The summed E-state index contributed by atoms with van der Waals surface area (Å²) in [6.45, 7) is 4.04. The summed E-state index contributed by atoms with van der Waals surface area (Å²) in [7, 11) is 0. The maximum atomic E-state index is 13.5. The number of carbonyl (C=O) groups excluding carboxylic acids is 1. The number of hydrogen-bond acceptors (Lipinski definition) is 5. The molecule has 1 aromatic heterocycles. The lowest BCUT2D eigenvalue weighted by atomic mass is 9.86. The van der Waals surface area contributed by atoms with Crippen molar-refractivity contribution in [2.75, 3.05) is 12.0 Å². The number of aromatic nitrogens is 1. The zero-order valence-corrected chi connectivity index (χ0v) is 23.7. The molecule has 1 amide bonds. The number of aliphatic carboxylic acids is 1. The number of pyridine rings is 1. The van der Waals surface area contributed by atoms with Crippen molar-refractivity contribution in [1.82, 2.24) is 10.3 Å². The molecule has 0 fully saturated rings. The van der Waals surface area contributed by atoms with Gasteiger partial charge in [-0.3, -0.25) is 9.78 Å². The summed E-state index contributed by atoms with van der Waals surface area (Å²) in [5.41, 5.74) is 6.21. The number of aryl methyl sites for hydroxylation is 1. The number of amides is 1. The standard InChI is InChI=1S/C33H34N2O4S/c1-21-10-7-8-13-25(21)28-20-24(15-16-27(28)32(37)35-29(33(38)39)17-19-40-3)22(2)26-14-9-18-34-30(26)31(36)23-11-5-4-6-12-23/h4-16,18,20,22,29,31,36H,17,19H2,1-3H3,(H,35,37)(H,38,39). The Balaban J connectivity index is 1.75. The molecule has 3 unspecified atom stereocenters. The van der Waals surface area contributed by atoms with Crippen LogP contribution in [0.2, 0.25) is 0 Å². The van der Waals surface area contributed by atoms with Crippen LogP contribution in [0.5, 0.6) is 0 Å². The number of rotatable bonds is 11. The second-order valence-corrected chi connectivity index (χ2v) is 10.8. The molecule has 1 heterocycles. The summed E-state index contributed by atoms with van der Waals surface area (Å²) in [6, 6.07) is 25.8. The molecule has 0 radical (unpaired) electrons. The van der Waals surface area contributed by atoms with E-state index in [-0.39, 0.29) is 5.92 Å². The van der Waals surface area contributed by atoms with Gasteiger partial charge < -0.3 is 15.5 Å². The van der Waals surface area contributed by atoms with Crippen LogP contribution in [0.15, 0.2) is 91.1 Å². The smallest absolute Gasteiger partial charge is 0.326 e. The van der Waals surface area contributed by atoms with Gasteiger partial charge in [0.15, 0.2) is 0 Å². The highest BCUT2D eigenvalue weighted by Gasteiger charge is 2.25. The largest absolute Gasteiger partial charge is 0.480 e. The number of nitrogens with zero attached hydrogens (tertiary/aromatic N) is 1. The summed E-state index contributed by atoms with van der Waals surface area (Å²) in [4.78, 5) is 29.8. The quantitative estimate of drug-likeness (QED) is 0.203. The van der Waals surface area contributed by atoms with E-state index in [1.54, 1.807) is 12.3 Å². The normalized spacial score (nSPS) is 13.3. The lowest BCUT2D eigenvalue weighted by Gasteiger charge is -2.22. The molecule has 0 aliphatic heterocycles. The highest BCUT2D eigenvalue weighted by Crippen LogP contribution is 2.35. The van der Waals surface area contributed by atoms with E-state index < -0.39 is 24.0 Å². The van der Waals surface area contributed by atoms with Crippen LogP contribution in [0.1, 0.15) is 63.7 Å². The summed E-state index contributed by atoms with van der Waals surface area (Å²) in [6.07, 6.45) is 3.04. The Kier molecular flexibility index (Phi) is 9.74. The van der Waals surface area contributed by atoms with Crippen LogP contribution in [0.3, 0.4) is 0 Å². The van der Waals surface area contributed by atoms with E-state index in [0.29, 0.717) is 23.4 Å². The second kappa shape index (κ2) is 13.4. The van der Waals surface area contributed by atoms with Gasteiger partial charge in [-0.2, -0.15) is 11.8 Å². The van der Waals surface area contributed by atoms with Crippen molar-refractivity contribution in [2.45, 2.75) is 38.3 Å². The maximum Gasteiger partial charge on any atom is 0.326 e. The van der Waals surface area contributed by atoms with Crippen molar-refractivity contribution in [2.24, 2.45) is 0 Å². The molecule has 3 aromatic carbocycles. The van der Waals surface area contributed by atoms with Crippen LogP contribution in [0.25, 0.3) is 11.1 Å². The van der Waals surface area contributed by atoms with Crippen LogP contribution in [-0.2, 0) is 4.79 Å². The summed E-state index contributed by atoms with van der Waals surface area (Å²) in [5, 5.41) is 23.6. The third-order valence-electron chi connectivity index (χ3n) is 7.15. The Hall–Kier alpha value is -3.94. The number of carboxylic acids is 1. The van der Waals surface area contributed by atoms with Gasteiger partial charge in [-0.1, -0.05) is 73.7 Å². The Bertz CT molecular complexity index is 1470. The number of benzene rings is 3. The lowest BCUT2D eigenvalue weighted by Crippen LogP contribution is -2.41. The zero-order chi connectivity index (χ0) is 28.6. The third-order valence-corrected chi connectivity index (χ3v) is 7.79. The van der Waals surface area contributed by atoms with Crippen molar-refractivity contribution in [3.8, 4) is 11.1 Å². The Morgan fingerprint density at radius 3 is 2.35 bits per heavy atom. The van der Waals surface area contributed by atoms with E-state index in [1.807, 2.05) is 92.0 Å². The van der Waals surface area contributed by atoms with Crippen LogP contribution in [0.4, 0.5) is 0 Å². The van der Waals surface area contributed by atoms with Crippen molar-refractivity contribution in [3.05, 3.63) is 125 Å². The molecule has 40 heavy (non-hydrogen) atoms. The number of aliphatic hydroxyl groups is 1. The Morgan fingerprint density at radius 1 is 0.925 bits per heavy atom. The van der Waals surface area contributed by atoms with Crippen molar-refractivity contribution in [3.63, 3.8) is 0 Å². The maximum absolute atomic E-state index is 13.5. The first-order valence-electron chi connectivity index (χ1n) is 13.2. The molecule has 0 bridgehead atoms. The SMILES string of the molecule is CSCCC(NC(=O)c1ccc(C(C)c2cccnc2C(O)c2ccccc2)cc1-c1ccccc1C)C(=O)O. The van der Waals surface area contributed by atoms with Gasteiger partial charge in [0.1, 0.15) is 12.1 Å². The van der Waals surface area contributed by atoms with Crippen LogP contribution in [0, 0.1) is 6.92 Å². The molecule has 6 nitrogen and oxygen atoms in total. The number of carbonyl (C=O) groups is 2. The van der Waals surface area contributed by atoms with Crippen LogP contribution in [-0.4, -0.2) is 45.1 Å². The van der Waals surface area contributed by atoms with E-state index in [9.17, 15) is 19.8 Å². The third kappa shape index (κ3) is 6.61. The summed E-state index contributed by atoms with van der Waals surface area (Å²) < 4.78 is 0. The van der Waals surface area contributed by atoms with E-state index in [4.69, 9.17) is 0 Å². The van der Waals surface area contributed by atoms with Gasteiger partial charge in [0.05, 0.1) is 5.69 Å².